The van der Waals surface area contributed by atoms with Crippen LogP contribution in [0.4, 0.5) is 23.2 Å². The van der Waals surface area contributed by atoms with Crippen molar-refractivity contribution in [3.8, 4) is 11.1 Å². The lowest BCUT2D eigenvalue weighted by Gasteiger charge is -2.29. The SMILES string of the molecule is CNS.Cc1nc2cc(-c3ccc(C4CCCC(C(=O)Nc5ccc(C(F)(F)F)cc5F)C4)c(Br)c3)ccc2n1C.O=CO. The zero-order valence-corrected chi connectivity index (χ0v) is 26.7. The van der Waals surface area contributed by atoms with E-state index in [0.717, 1.165) is 63.0 Å². The summed E-state index contributed by atoms with van der Waals surface area (Å²) in [5, 5.41) is 9.38. The van der Waals surface area contributed by atoms with Crippen LogP contribution in [0.1, 0.15) is 48.6 Å². The van der Waals surface area contributed by atoms with Crippen molar-refractivity contribution >= 4 is 57.8 Å². The first kappa shape index (κ1) is 35.1. The number of nitrogens with zero attached hydrogens (tertiary/aromatic N) is 2. The number of hydrogen-bond donors (Lipinski definition) is 4. The Labute approximate surface area is 266 Å². The number of thiol groups is 1. The minimum Gasteiger partial charge on any atom is -0.483 e. The van der Waals surface area contributed by atoms with Crippen molar-refractivity contribution < 1.29 is 32.3 Å². The molecule has 3 aromatic carbocycles. The van der Waals surface area contributed by atoms with Gasteiger partial charge in [-0.1, -0.05) is 53.4 Å². The monoisotopic (exact) mass is 696 g/mol. The van der Waals surface area contributed by atoms with Gasteiger partial charge in [-0.3, -0.25) is 14.3 Å². The molecule has 1 aromatic heterocycles. The molecular formula is C31H33BrF4N4O3S. The molecule has 0 bridgehead atoms. The van der Waals surface area contributed by atoms with E-state index in [-0.39, 0.29) is 29.9 Å². The molecule has 2 unspecified atom stereocenters. The third-order valence-corrected chi connectivity index (χ3v) is 8.16. The molecule has 1 heterocycles. The average Bonchev–Trinajstić information content (AvgIpc) is 3.26. The molecule has 236 valence electrons. The number of amides is 1. The minimum atomic E-state index is -4.65. The average molecular weight is 698 g/mol. The summed E-state index contributed by atoms with van der Waals surface area (Å²) in [4.78, 5) is 25.9. The Morgan fingerprint density at radius 2 is 1.75 bits per heavy atom. The van der Waals surface area contributed by atoms with Crippen LogP contribution in [0.15, 0.2) is 59.1 Å². The van der Waals surface area contributed by atoms with Gasteiger partial charge in [0.25, 0.3) is 6.47 Å². The zero-order valence-electron chi connectivity index (χ0n) is 24.3. The van der Waals surface area contributed by atoms with Crippen molar-refractivity contribution in [3.05, 3.63) is 81.8 Å². The molecule has 1 saturated carbocycles. The lowest BCUT2D eigenvalue weighted by atomic mass is 9.77. The van der Waals surface area contributed by atoms with Gasteiger partial charge in [0, 0.05) is 17.4 Å². The number of alkyl halides is 3. The largest absolute Gasteiger partial charge is 0.483 e. The smallest absolute Gasteiger partial charge is 0.416 e. The standard InChI is InChI=1S/C29H26BrF4N3O.CH5NS.CH2O2/c1-16-35-26-14-18(7-11-27(26)37(16)2)17-6-9-22(23(30)13-17)19-4-3-5-20(12-19)28(38)36-25-10-8-21(15-24(25)31)29(32,33)34;1-2-3;2-1-3/h6-11,13-15,19-20H,3-5,12H2,1-2H3,(H,36,38);2-3H,1H3;1H,(H,2,3). The number of aryl methyl sites for hydroxylation is 2. The number of fused-ring (bicyclic) bond motifs is 1. The number of rotatable bonds is 4. The van der Waals surface area contributed by atoms with E-state index in [9.17, 15) is 22.4 Å². The summed E-state index contributed by atoms with van der Waals surface area (Å²) in [6.07, 6.45) is -1.69. The van der Waals surface area contributed by atoms with Gasteiger partial charge in [0.1, 0.15) is 11.6 Å². The van der Waals surface area contributed by atoms with Crippen LogP contribution in [0.2, 0.25) is 0 Å². The maximum absolute atomic E-state index is 14.3. The molecule has 1 aliphatic carbocycles. The van der Waals surface area contributed by atoms with Crippen molar-refractivity contribution in [1.82, 2.24) is 14.3 Å². The molecule has 2 atom stereocenters. The first-order valence-corrected chi connectivity index (χ1v) is 14.9. The second-order valence-electron chi connectivity index (χ2n) is 10.2. The van der Waals surface area contributed by atoms with Crippen molar-refractivity contribution in [2.45, 2.75) is 44.7 Å². The second kappa shape index (κ2) is 15.5. The van der Waals surface area contributed by atoms with Gasteiger partial charge in [0.2, 0.25) is 5.91 Å². The fourth-order valence-electron chi connectivity index (χ4n) is 5.28. The third kappa shape index (κ3) is 8.60. The van der Waals surface area contributed by atoms with Crippen LogP contribution < -0.4 is 10.0 Å². The van der Waals surface area contributed by atoms with Crippen LogP contribution in [-0.2, 0) is 22.8 Å². The minimum absolute atomic E-state index is 0.126. The summed E-state index contributed by atoms with van der Waals surface area (Å²) in [6.45, 7) is 1.72. The number of carbonyl (C=O) groups excluding carboxylic acids is 1. The first-order chi connectivity index (χ1) is 20.8. The van der Waals surface area contributed by atoms with E-state index in [1.54, 1.807) is 7.05 Å². The molecule has 1 amide bonds. The molecule has 4 aromatic rings. The van der Waals surface area contributed by atoms with Crippen LogP contribution in [-0.4, -0.2) is 34.1 Å². The molecule has 13 heteroatoms. The van der Waals surface area contributed by atoms with E-state index >= 15 is 0 Å². The predicted octanol–water partition coefficient (Wildman–Crippen LogP) is 8.13. The molecule has 0 saturated heterocycles. The molecule has 7 nitrogen and oxygen atoms in total. The van der Waals surface area contributed by atoms with Crippen molar-refractivity contribution in [3.63, 3.8) is 0 Å². The number of halogens is 5. The number of aromatic nitrogens is 2. The van der Waals surface area contributed by atoms with Crippen LogP contribution in [0.3, 0.4) is 0 Å². The van der Waals surface area contributed by atoms with Gasteiger partial charge in [0.15, 0.2) is 0 Å². The van der Waals surface area contributed by atoms with Crippen LogP contribution in [0, 0.1) is 18.7 Å². The van der Waals surface area contributed by atoms with Crippen LogP contribution in [0.25, 0.3) is 22.2 Å². The number of hydrogen-bond acceptors (Lipinski definition) is 5. The number of benzene rings is 3. The third-order valence-electron chi connectivity index (χ3n) is 7.48. The van der Waals surface area contributed by atoms with Gasteiger partial charge in [-0.15, -0.1) is 0 Å². The van der Waals surface area contributed by atoms with E-state index in [0.29, 0.717) is 18.9 Å². The van der Waals surface area contributed by atoms with E-state index in [1.165, 1.54) is 0 Å². The molecule has 0 spiro atoms. The molecule has 1 aliphatic rings. The molecule has 0 radical (unpaired) electrons. The first-order valence-electron chi connectivity index (χ1n) is 13.6. The van der Waals surface area contributed by atoms with E-state index in [1.807, 2.05) is 14.0 Å². The molecule has 5 rings (SSSR count). The van der Waals surface area contributed by atoms with E-state index in [4.69, 9.17) is 9.90 Å². The molecule has 0 aliphatic heterocycles. The predicted molar refractivity (Wildman–Crippen MR) is 170 cm³/mol. The Hall–Kier alpha value is -3.42. The molecule has 3 N–H and O–H groups in total. The summed E-state index contributed by atoms with van der Waals surface area (Å²) in [7, 11) is 3.73. The number of anilines is 1. The van der Waals surface area contributed by atoms with Crippen molar-refractivity contribution in [2.24, 2.45) is 13.0 Å². The Morgan fingerprint density at radius 1 is 1.11 bits per heavy atom. The highest BCUT2D eigenvalue weighted by Gasteiger charge is 2.32. The fourth-order valence-corrected chi connectivity index (χ4v) is 5.98. The van der Waals surface area contributed by atoms with Crippen molar-refractivity contribution in [2.75, 3.05) is 12.4 Å². The number of nitrogens with one attached hydrogen (secondary N) is 2. The van der Waals surface area contributed by atoms with Gasteiger partial charge in [-0.25, -0.2) is 9.37 Å². The molecular weight excluding hydrogens is 664 g/mol. The van der Waals surface area contributed by atoms with Gasteiger partial charge >= 0.3 is 6.18 Å². The maximum atomic E-state index is 14.3. The topological polar surface area (TPSA) is 96.3 Å². The van der Waals surface area contributed by atoms with Crippen LogP contribution >= 0.6 is 28.7 Å². The maximum Gasteiger partial charge on any atom is 0.416 e. The lowest BCUT2D eigenvalue weighted by molar-refractivity contribution is -0.137. The van der Waals surface area contributed by atoms with E-state index < -0.39 is 17.6 Å². The molecule has 44 heavy (non-hydrogen) atoms. The Kier molecular flexibility index (Phi) is 12.4. The van der Waals surface area contributed by atoms with Gasteiger partial charge in [-0.2, -0.15) is 13.2 Å². The van der Waals surface area contributed by atoms with Gasteiger partial charge in [-0.05, 0) is 92.2 Å². The summed E-state index contributed by atoms with van der Waals surface area (Å²) < 4.78 is 58.2. The highest BCUT2D eigenvalue weighted by Crippen LogP contribution is 2.41. The zero-order chi connectivity index (χ0) is 32.6. The normalized spacial score (nSPS) is 16.3. The Bertz CT molecular complexity index is 1610. The van der Waals surface area contributed by atoms with Crippen LogP contribution in [0.5, 0.6) is 0 Å². The summed E-state index contributed by atoms with van der Waals surface area (Å²) in [5.41, 5.74) is 3.89. The number of imidazole rings is 1. The highest BCUT2D eigenvalue weighted by molar-refractivity contribution is 9.10. The Balaban J connectivity index is 0.000000816. The lowest BCUT2D eigenvalue weighted by Crippen LogP contribution is -2.28. The van der Waals surface area contributed by atoms with Gasteiger partial charge in [0.05, 0.1) is 22.3 Å². The highest BCUT2D eigenvalue weighted by atomic mass is 79.9. The fraction of sp³-hybridized carbons (Fsp3) is 0.323. The number of carboxylic acid groups (broad SMARTS) is 1. The van der Waals surface area contributed by atoms with Crippen molar-refractivity contribution in [1.29, 1.82) is 0 Å². The summed E-state index contributed by atoms with van der Waals surface area (Å²) in [5.74, 6) is -0.762. The Morgan fingerprint density at radius 3 is 2.36 bits per heavy atom. The molecule has 1 fully saturated rings. The summed E-state index contributed by atoms with van der Waals surface area (Å²) >= 11 is 7.27. The number of carbonyl (C=O) groups is 2. The second-order valence-corrected chi connectivity index (χ2v) is 11.5. The summed E-state index contributed by atoms with van der Waals surface area (Å²) in [6, 6.07) is 14.6. The quantitative estimate of drug-likeness (QED) is 0.0982. The van der Waals surface area contributed by atoms with E-state index in [2.05, 4.69) is 84.7 Å². The van der Waals surface area contributed by atoms with Gasteiger partial charge < -0.3 is 15.0 Å².